The van der Waals surface area contributed by atoms with Gasteiger partial charge in [-0.15, -0.1) is 0 Å². The molecule has 0 radical (unpaired) electrons. The summed E-state index contributed by atoms with van der Waals surface area (Å²) < 4.78 is 43.0. The summed E-state index contributed by atoms with van der Waals surface area (Å²) in [7, 11) is 1.80. The number of amides is 1. The van der Waals surface area contributed by atoms with Crippen LogP contribution in [0.5, 0.6) is 5.88 Å². The largest absolute Gasteiger partial charge is 0.467 e. The smallest absolute Gasteiger partial charge is 0.451 e. The van der Waals surface area contributed by atoms with Crippen molar-refractivity contribution in [3.05, 3.63) is 29.8 Å². The molecule has 1 aliphatic carbocycles. The van der Waals surface area contributed by atoms with Gasteiger partial charge in [-0.05, 0) is 32.6 Å². The van der Waals surface area contributed by atoms with Crippen molar-refractivity contribution < 1.29 is 22.7 Å². The zero-order valence-electron chi connectivity index (χ0n) is 17.2. The second-order valence-electron chi connectivity index (χ2n) is 7.24. The van der Waals surface area contributed by atoms with Crippen LogP contribution in [-0.2, 0) is 11.0 Å². The van der Waals surface area contributed by atoms with Crippen molar-refractivity contribution in [1.29, 1.82) is 0 Å². The molecule has 12 heteroatoms. The molecule has 9 nitrogen and oxygen atoms in total. The van der Waals surface area contributed by atoms with E-state index in [1.165, 1.54) is 6.07 Å². The summed E-state index contributed by atoms with van der Waals surface area (Å²) >= 11 is 0. The Kier molecular flexibility index (Phi) is 7.08. The molecule has 1 amide bonds. The maximum absolute atomic E-state index is 12.6. The van der Waals surface area contributed by atoms with Gasteiger partial charge in [-0.1, -0.05) is 0 Å². The van der Waals surface area contributed by atoms with Crippen LogP contribution in [0.1, 0.15) is 37.1 Å². The first-order valence-corrected chi connectivity index (χ1v) is 9.85. The van der Waals surface area contributed by atoms with E-state index in [4.69, 9.17) is 4.74 Å². The average molecular weight is 439 g/mol. The van der Waals surface area contributed by atoms with Crippen LogP contribution < -0.4 is 20.7 Å². The number of hydrogen-bond acceptors (Lipinski definition) is 8. The van der Waals surface area contributed by atoms with Crippen molar-refractivity contribution >= 4 is 17.7 Å². The summed E-state index contributed by atoms with van der Waals surface area (Å²) in [4.78, 5) is 27.2. The maximum atomic E-state index is 12.6. The number of anilines is 2. The molecule has 168 valence electrons. The third-order valence-corrected chi connectivity index (χ3v) is 4.87. The minimum absolute atomic E-state index is 0.0305. The molecule has 0 saturated heterocycles. The molecule has 0 aromatic carbocycles. The van der Waals surface area contributed by atoms with Crippen LogP contribution in [0, 0.1) is 6.92 Å². The molecule has 1 saturated carbocycles. The molecule has 0 unspecified atom stereocenters. The van der Waals surface area contributed by atoms with Gasteiger partial charge >= 0.3 is 6.18 Å². The van der Waals surface area contributed by atoms with Crippen LogP contribution in [0.25, 0.3) is 0 Å². The lowest BCUT2D eigenvalue weighted by atomic mass is 9.91. The molecule has 0 spiro atoms. The van der Waals surface area contributed by atoms with Crippen LogP contribution in [-0.4, -0.2) is 51.6 Å². The summed E-state index contributed by atoms with van der Waals surface area (Å²) in [6, 6.07) is 1.34. The second-order valence-corrected chi connectivity index (χ2v) is 7.24. The Hall–Kier alpha value is -3.18. The van der Waals surface area contributed by atoms with Gasteiger partial charge in [0, 0.05) is 43.2 Å². The van der Waals surface area contributed by atoms with E-state index in [-0.39, 0.29) is 18.0 Å². The molecule has 31 heavy (non-hydrogen) atoms. The van der Waals surface area contributed by atoms with Crippen LogP contribution in [0.3, 0.4) is 0 Å². The summed E-state index contributed by atoms with van der Waals surface area (Å²) in [6.07, 6.45) is 1.15. The fourth-order valence-electron chi connectivity index (χ4n) is 3.30. The lowest BCUT2D eigenvalue weighted by Gasteiger charge is -2.29. The highest BCUT2D eigenvalue weighted by atomic mass is 19.4. The lowest BCUT2D eigenvalue weighted by molar-refractivity contribution is -0.145. The molecule has 1 fully saturated rings. The second kappa shape index (κ2) is 9.75. The fourth-order valence-corrected chi connectivity index (χ4v) is 3.30. The average Bonchev–Trinajstić information content (AvgIpc) is 2.74. The molecule has 3 rings (SSSR count). The van der Waals surface area contributed by atoms with Crippen molar-refractivity contribution in [2.45, 2.75) is 50.9 Å². The first-order chi connectivity index (χ1) is 14.7. The number of nitrogens with one attached hydrogen (secondary N) is 3. The number of alkyl halides is 3. The van der Waals surface area contributed by atoms with Gasteiger partial charge in [0.2, 0.25) is 17.7 Å². The number of halogens is 3. The van der Waals surface area contributed by atoms with Crippen molar-refractivity contribution in [2.24, 2.45) is 0 Å². The zero-order chi connectivity index (χ0) is 22.4. The molecule has 2 aromatic rings. The topological polar surface area (TPSA) is 114 Å². The zero-order valence-corrected chi connectivity index (χ0v) is 17.2. The highest BCUT2D eigenvalue weighted by Crippen LogP contribution is 2.27. The van der Waals surface area contributed by atoms with Crippen molar-refractivity contribution in [3.8, 4) is 5.88 Å². The van der Waals surface area contributed by atoms with Gasteiger partial charge in [-0.25, -0.2) is 9.97 Å². The molecule has 2 aromatic heterocycles. The SMILES string of the molecule is CNc1nc(NC2CCC(NC(=O)COc3ccnc(C(F)(F)F)n3)CC2)ncc1C. The van der Waals surface area contributed by atoms with Crippen molar-refractivity contribution in [3.63, 3.8) is 0 Å². The van der Waals surface area contributed by atoms with Crippen molar-refractivity contribution in [2.75, 3.05) is 24.3 Å². The van der Waals surface area contributed by atoms with E-state index < -0.39 is 24.5 Å². The first-order valence-electron chi connectivity index (χ1n) is 9.85. The minimum atomic E-state index is -4.67. The van der Waals surface area contributed by atoms with Gasteiger partial charge < -0.3 is 20.7 Å². The molecule has 0 atom stereocenters. The summed E-state index contributed by atoms with van der Waals surface area (Å²) in [5, 5.41) is 9.18. The van der Waals surface area contributed by atoms with Crippen LogP contribution in [0.15, 0.2) is 18.5 Å². The van der Waals surface area contributed by atoms with Crippen LogP contribution in [0.4, 0.5) is 24.9 Å². The van der Waals surface area contributed by atoms with Crippen molar-refractivity contribution in [1.82, 2.24) is 25.3 Å². The van der Waals surface area contributed by atoms with E-state index in [9.17, 15) is 18.0 Å². The third-order valence-electron chi connectivity index (χ3n) is 4.87. The number of rotatable bonds is 7. The fraction of sp³-hybridized carbons (Fsp3) is 0.526. The predicted octanol–water partition coefficient (Wildman–Crippen LogP) is 2.55. The molecule has 0 aliphatic heterocycles. The van der Waals surface area contributed by atoms with E-state index in [0.29, 0.717) is 5.95 Å². The number of carbonyl (C=O) groups is 1. The minimum Gasteiger partial charge on any atom is -0.467 e. The van der Waals surface area contributed by atoms with Gasteiger partial charge in [-0.3, -0.25) is 4.79 Å². The molecule has 2 heterocycles. The number of carbonyl (C=O) groups excluding carboxylic acids is 1. The van der Waals surface area contributed by atoms with Gasteiger partial charge in [0.1, 0.15) is 5.82 Å². The quantitative estimate of drug-likeness (QED) is 0.603. The Balaban J connectivity index is 1.42. The highest BCUT2D eigenvalue weighted by Gasteiger charge is 2.35. The third kappa shape index (κ3) is 6.40. The van der Waals surface area contributed by atoms with Gasteiger partial charge in [0.05, 0.1) is 0 Å². The number of aryl methyl sites for hydroxylation is 1. The Morgan fingerprint density at radius 2 is 1.87 bits per heavy atom. The number of aromatic nitrogens is 4. The normalized spacial score (nSPS) is 18.9. The molecular weight excluding hydrogens is 415 g/mol. The molecule has 1 aliphatic rings. The Bertz CT molecular complexity index is 902. The van der Waals surface area contributed by atoms with E-state index >= 15 is 0 Å². The summed E-state index contributed by atoms with van der Waals surface area (Å²) in [6.45, 7) is 1.50. The monoisotopic (exact) mass is 439 g/mol. The number of ether oxygens (including phenoxy) is 1. The molecule has 3 N–H and O–H groups in total. The molecule has 0 bridgehead atoms. The van der Waals surface area contributed by atoms with E-state index in [2.05, 4.69) is 35.9 Å². The van der Waals surface area contributed by atoms with Crippen LogP contribution >= 0.6 is 0 Å². The standard InChI is InChI=1S/C19H24F3N7O2/c1-11-9-25-18(29-16(11)23-2)27-13-5-3-12(4-6-13)26-14(30)10-31-15-7-8-24-17(28-15)19(20,21)22/h7-9,12-13H,3-6,10H2,1-2H3,(H,26,30)(H2,23,25,27,29). The molecular formula is C19H24F3N7O2. The highest BCUT2D eigenvalue weighted by molar-refractivity contribution is 5.77. The Labute approximate surface area is 177 Å². The van der Waals surface area contributed by atoms with Gasteiger partial charge in [-0.2, -0.15) is 23.1 Å². The predicted molar refractivity (Wildman–Crippen MR) is 107 cm³/mol. The Morgan fingerprint density at radius 3 is 2.55 bits per heavy atom. The summed E-state index contributed by atoms with van der Waals surface area (Å²) in [5.41, 5.74) is 0.957. The summed E-state index contributed by atoms with van der Waals surface area (Å²) in [5.74, 6) is -0.701. The van der Waals surface area contributed by atoms with E-state index in [1.54, 1.807) is 13.2 Å². The van der Waals surface area contributed by atoms with Gasteiger partial charge in [0.15, 0.2) is 6.61 Å². The number of nitrogens with zero attached hydrogens (tertiary/aromatic N) is 4. The first kappa shape index (κ1) is 22.5. The lowest BCUT2D eigenvalue weighted by Crippen LogP contribution is -2.42. The number of hydrogen-bond donors (Lipinski definition) is 3. The van der Waals surface area contributed by atoms with E-state index in [0.717, 1.165) is 43.3 Å². The maximum Gasteiger partial charge on any atom is 0.451 e. The van der Waals surface area contributed by atoms with Gasteiger partial charge in [0.25, 0.3) is 5.91 Å². The Morgan fingerprint density at radius 1 is 1.16 bits per heavy atom. The van der Waals surface area contributed by atoms with E-state index in [1.807, 2.05) is 6.92 Å². The van der Waals surface area contributed by atoms with Crippen LogP contribution in [0.2, 0.25) is 0 Å².